The van der Waals surface area contributed by atoms with Crippen LogP contribution in [0.25, 0.3) is 11.5 Å². The molecule has 0 saturated carbocycles. The molecule has 28 heavy (non-hydrogen) atoms. The second-order valence-corrected chi connectivity index (χ2v) is 7.03. The van der Waals surface area contributed by atoms with Gasteiger partial charge in [0.05, 0.1) is 12.0 Å². The van der Waals surface area contributed by atoms with Crippen molar-refractivity contribution >= 4 is 11.6 Å². The van der Waals surface area contributed by atoms with E-state index < -0.39 is 5.41 Å². The van der Waals surface area contributed by atoms with Gasteiger partial charge in [-0.25, -0.2) is 4.39 Å². The molecule has 1 N–H and O–H groups in total. The van der Waals surface area contributed by atoms with Gasteiger partial charge in [0.1, 0.15) is 5.82 Å². The maximum Gasteiger partial charge on any atom is 0.258 e. The number of nitrogens with one attached hydrogen (secondary N) is 1. The Morgan fingerprint density at radius 3 is 2.64 bits per heavy atom. The van der Waals surface area contributed by atoms with E-state index >= 15 is 0 Å². The highest BCUT2D eigenvalue weighted by atomic mass is 19.1. The third-order valence-electron chi connectivity index (χ3n) is 5.05. The van der Waals surface area contributed by atoms with Crippen LogP contribution in [-0.2, 0) is 14.9 Å². The van der Waals surface area contributed by atoms with Crippen LogP contribution in [0.2, 0.25) is 0 Å². The molecule has 1 unspecified atom stereocenters. The predicted octanol–water partition coefficient (Wildman–Crippen LogP) is 3.85. The van der Waals surface area contributed by atoms with E-state index in [-0.39, 0.29) is 11.7 Å². The number of carbonyl (C=O) groups is 1. The molecule has 4 rings (SSSR count). The van der Waals surface area contributed by atoms with Crippen LogP contribution in [0.15, 0.2) is 47.0 Å². The van der Waals surface area contributed by atoms with E-state index in [2.05, 4.69) is 15.5 Å². The van der Waals surface area contributed by atoms with Gasteiger partial charge in [-0.15, -0.1) is 0 Å². The number of ether oxygens (including phenoxy) is 1. The predicted molar refractivity (Wildman–Crippen MR) is 101 cm³/mol. The number of aromatic nitrogens is 2. The van der Waals surface area contributed by atoms with Crippen LogP contribution in [0.3, 0.4) is 0 Å². The zero-order chi connectivity index (χ0) is 19.7. The fraction of sp³-hybridized carbons (Fsp3) is 0.286. The van der Waals surface area contributed by atoms with Gasteiger partial charge in [-0.3, -0.25) is 4.79 Å². The van der Waals surface area contributed by atoms with E-state index in [0.717, 1.165) is 16.7 Å². The number of amides is 1. The van der Waals surface area contributed by atoms with Crippen LogP contribution in [0.1, 0.15) is 30.3 Å². The number of halogens is 1. The lowest BCUT2D eigenvalue weighted by Gasteiger charge is -2.23. The summed E-state index contributed by atoms with van der Waals surface area (Å²) < 4.78 is 24.6. The van der Waals surface area contributed by atoms with E-state index in [1.807, 2.05) is 19.1 Å². The summed E-state index contributed by atoms with van der Waals surface area (Å²) in [6.07, 6.45) is 0.693. The normalized spacial score (nSPS) is 19.0. The summed E-state index contributed by atoms with van der Waals surface area (Å²) in [6.45, 7) is 4.37. The van der Waals surface area contributed by atoms with Crippen molar-refractivity contribution in [2.45, 2.75) is 25.7 Å². The van der Waals surface area contributed by atoms with Gasteiger partial charge in [0.25, 0.3) is 5.89 Å². The molecule has 0 bridgehead atoms. The van der Waals surface area contributed by atoms with E-state index in [1.165, 1.54) is 19.1 Å². The lowest BCUT2D eigenvalue weighted by molar-refractivity contribution is -0.114. The van der Waals surface area contributed by atoms with Gasteiger partial charge in [0.15, 0.2) is 5.82 Å². The number of benzene rings is 2. The molecule has 0 radical (unpaired) electrons. The summed E-state index contributed by atoms with van der Waals surface area (Å²) in [5.74, 6) is 0.503. The Balaban J connectivity index is 1.70. The summed E-state index contributed by atoms with van der Waals surface area (Å²) in [5, 5.41) is 6.98. The topological polar surface area (TPSA) is 77.2 Å². The van der Waals surface area contributed by atoms with Crippen LogP contribution >= 0.6 is 0 Å². The minimum absolute atomic E-state index is 0.130. The Morgan fingerprint density at radius 2 is 2.00 bits per heavy atom. The highest BCUT2D eigenvalue weighted by molar-refractivity contribution is 5.89. The van der Waals surface area contributed by atoms with Crippen LogP contribution in [0, 0.1) is 12.7 Å². The van der Waals surface area contributed by atoms with E-state index in [0.29, 0.717) is 37.0 Å². The molecule has 1 atom stereocenters. The van der Waals surface area contributed by atoms with Crippen LogP contribution in [-0.4, -0.2) is 29.3 Å². The number of anilines is 1. The van der Waals surface area contributed by atoms with Crippen molar-refractivity contribution in [3.8, 4) is 11.5 Å². The molecule has 1 aliphatic heterocycles. The quantitative estimate of drug-likeness (QED) is 0.743. The number of rotatable bonds is 4. The molecule has 0 spiro atoms. The Bertz CT molecular complexity index is 1010. The Labute approximate surface area is 161 Å². The molecule has 1 aliphatic rings. The average Bonchev–Trinajstić information content (AvgIpc) is 3.32. The van der Waals surface area contributed by atoms with Gasteiger partial charge in [-0.2, -0.15) is 4.98 Å². The van der Waals surface area contributed by atoms with Crippen molar-refractivity contribution in [2.75, 3.05) is 18.5 Å². The SMILES string of the molecule is CC(=O)Nc1ccc(-c2nc(C3(c4ccc(F)cc4)CCOC3)no2)c(C)c1. The molecular formula is C21H20FN3O3. The molecule has 1 amide bonds. The number of carbonyl (C=O) groups excluding carboxylic acids is 1. The fourth-order valence-electron chi connectivity index (χ4n) is 3.58. The van der Waals surface area contributed by atoms with Gasteiger partial charge in [0, 0.05) is 24.8 Å². The lowest BCUT2D eigenvalue weighted by atomic mass is 9.79. The molecule has 2 heterocycles. The standard InChI is InChI=1S/C21H20FN3O3/c1-13-11-17(23-14(2)26)7-8-18(13)19-24-20(25-28-19)21(9-10-27-12-21)15-3-5-16(22)6-4-15/h3-8,11H,9-10,12H2,1-2H3,(H,23,26). The third-order valence-corrected chi connectivity index (χ3v) is 5.05. The monoisotopic (exact) mass is 381 g/mol. The van der Waals surface area contributed by atoms with Gasteiger partial charge in [0.2, 0.25) is 5.91 Å². The first-order valence-corrected chi connectivity index (χ1v) is 9.04. The molecule has 2 aromatic carbocycles. The summed E-state index contributed by atoms with van der Waals surface area (Å²) in [4.78, 5) is 15.9. The number of nitrogens with zero attached hydrogens (tertiary/aromatic N) is 2. The van der Waals surface area contributed by atoms with E-state index in [9.17, 15) is 9.18 Å². The Hall–Kier alpha value is -3.06. The van der Waals surface area contributed by atoms with Crippen molar-refractivity contribution in [1.82, 2.24) is 10.1 Å². The third kappa shape index (κ3) is 3.29. The van der Waals surface area contributed by atoms with Crippen molar-refractivity contribution in [1.29, 1.82) is 0 Å². The minimum Gasteiger partial charge on any atom is -0.380 e. The van der Waals surface area contributed by atoms with Gasteiger partial charge in [-0.1, -0.05) is 17.3 Å². The molecule has 6 nitrogen and oxygen atoms in total. The number of aryl methyl sites for hydroxylation is 1. The van der Waals surface area contributed by atoms with Crippen LogP contribution in [0.4, 0.5) is 10.1 Å². The van der Waals surface area contributed by atoms with Gasteiger partial charge in [-0.05, 0) is 54.8 Å². The fourth-order valence-corrected chi connectivity index (χ4v) is 3.58. The van der Waals surface area contributed by atoms with Gasteiger partial charge < -0.3 is 14.6 Å². The second kappa shape index (κ2) is 7.16. The highest BCUT2D eigenvalue weighted by Gasteiger charge is 2.43. The minimum atomic E-state index is -0.556. The molecule has 1 saturated heterocycles. The smallest absolute Gasteiger partial charge is 0.258 e. The lowest BCUT2D eigenvalue weighted by Crippen LogP contribution is -2.29. The van der Waals surface area contributed by atoms with E-state index in [1.54, 1.807) is 18.2 Å². The van der Waals surface area contributed by atoms with Crippen molar-refractivity contribution < 1.29 is 18.4 Å². The first kappa shape index (κ1) is 18.3. The number of hydrogen-bond donors (Lipinski definition) is 1. The largest absolute Gasteiger partial charge is 0.380 e. The summed E-state index contributed by atoms with van der Waals surface area (Å²) in [6, 6.07) is 11.8. The first-order chi connectivity index (χ1) is 13.5. The average molecular weight is 381 g/mol. The summed E-state index contributed by atoms with van der Waals surface area (Å²) in [5.41, 5.74) is 2.75. The molecule has 144 valence electrons. The van der Waals surface area contributed by atoms with Crippen LogP contribution in [0.5, 0.6) is 0 Å². The Kier molecular flexibility index (Phi) is 4.68. The first-order valence-electron chi connectivity index (χ1n) is 9.04. The van der Waals surface area contributed by atoms with Gasteiger partial charge >= 0.3 is 0 Å². The second-order valence-electron chi connectivity index (χ2n) is 7.03. The van der Waals surface area contributed by atoms with Crippen LogP contribution < -0.4 is 5.32 Å². The number of hydrogen-bond acceptors (Lipinski definition) is 5. The van der Waals surface area contributed by atoms with E-state index in [4.69, 9.17) is 9.26 Å². The highest BCUT2D eigenvalue weighted by Crippen LogP contribution is 2.39. The molecular weight excluding hydrogens is 361 g/mol. The summed E-state index contributed by atoms with van der Waals surface area (Å²) in [7, 11) is 0. The molecule has 7 heteroatoms. The zero-order valence-electron chi connectivity index (χ0n) is 15.7. The summed E-state index contributed by atoms with van der Waals surface area (Å²) >= 11 is 0. The Morgan fingerprint density at radius 1 is 1.21 bits per heavy atom. The van der Waals surface area contributed by atoms with Crippen molar-refractivity contribution in [3.63, 3.8) is 0 Å². The van der Waals surface area contributed by atoms with Crippen molar-refractivity contribution in [2.24, 2.45) is 0 Å². The molecule has 1 aromatic heterocycles. The maximum atomic E-state index is 13.4. The molecule has 3 aromatic rings. The van der Waals surface area contributed by atoms with Crippen molar-refractivity contribution in [3.05, 3.63) is 65.2 Å². The maximum absolute atomic E-state index is 13.4. The molecule has 0 aliphatic carbocycles. The molecule has 1 fully saturated rings. The zero-order valence-corrected chi connectivity index (χ0v) is 15.7.